The van der Waals surface area contributed by atoms with Gasteiger partial charge in [-0.25, -0.2) is 8.42 Å². The second-order valence-corrected chi connectivity index (χ2v) is 6.61. The first kappa shape index (κ1) is 13.3. The molecule has 0 aliphatic heterocycles. The molecule has 6 heteroatoms. The highest BCUT2D eigenvalue weighted by molar-refractivity contribution is 9.10. The van der Waals surface area contributed by atoms with Gasteiger partial charge < -0.3 is 10.1 Å². The number of hydrogen-bond acceptors (Lipinski definition) is 4. The fourth-order valence-corrected chi connectivity index (χ4v) is 2.11. The Morgan fingerprint density at radius 1 is 1.38 bits per heavy atom. The Kier molecular flexibility index (Phi) is 4.61. The average molecular weight is 308 g/mol. The van der Waals surface area contributed by atoms with Crippen molar-refractivity contribution in [1.29, 1.82) is 0 Å². The number of hydrogen-bond donors (Lipinski definition) is 1. The molecule has 1 rings (SSSR count). The summed E-state index contributed by atoms with van der Waals surface area (Å²) in [5.74, 6) is 0.832. The summed E-state index contributed by atoms with van der Waals surface area (Å²) >= 11 is 3.35. The van der Waals surface area contributed by atoms with Crippen LogP contribution >= 0.6 is 15.9 Å². The van der Waals surface area contributed by atoms with Crippen molar-refractivity contribution in [1.82, 2.24) is 0 Å². The molecule has 0 aliphatic carbocycles. The molecule has 1 N–H and O–H groups in total. The van der Waals surface area contributed by atoms with Crippen LogP contribution in [-0.4, -0.2) is 34.1 Å². The number of rotatable bonds is 5. The van der Waals surface area contributed by atoms with E-state index in [1.807, 2.05) is 18.2 Å². The third-order valence-electron chi connectivity index (χ3n) is 1.91. The number of sulfone groups is 1. The third-order valence-corrected chi connectivity index (χ3v) is 3.31. The Morgan fingerprint density at radius 3 is 2.62 bits per heavy atom. The van der Waals surface area contributed by atoms with E-state index >= 15 is 0 Å². The topological polar surface area (TPSA) is 55.4 Å². The molecule has 0 saturated carbocycles. The number of methoxy groups -OCH3 is 1. The van der Waals surface area contributed by atoms with E-state index in [1.54, 1.807) is 7.11 Å². The fraction of sp³-hybridized carbons (Fsp3) is 0.400. The van der Waals surface area contributed by atoms with Crippen LogP contribution in [0.1, 0.15) is 0 Å². The molecule has 0 heterocycles. The van der Waals surface area contributed by atoms with Crippen molar-refractivity contribution in [3.8, 4) is 5.75 Å². The van der Waals surface area contributed by atoms with Crippen LogP contribution in [0.2, 0.25) is 0 Å². The lowest BCUT2D eigenvalue weighted by Gasteiger charge is -2.08. The van der Waals surface area contributed by atoms with Crippen LogP contribution in [-0.2, 0) is 9.84 Å². The minimum absolute atomic E-state index is 0.113. The van der Waals surface area contributed by atoms with Gasteiger partial charge in [0.2, 0.25) is 0 Å². The largest absolute Gasteiger partial charge is 0.497 e. The normalized spacial score (nSPS) is 11.2. The summed E-state index contributed by atoms with van der Waals surface area (Å²) < 4.78 is 27.9. The molecule has 0 atom stereocenters. The van der Waals surface area contributed by atoms with E-state index in [4.69, 9.17) is 4.74 Å². The summed E-state index contributed by atoms with van der Waals surface area (Å²) in [7, 11) is -1.34. The van der Waals surface area contributed by atoms with Gasteiger partial charge in [0.1, 0.15) is 15.6 Å². The second kappa shape index (κ2) is 5.54. The molecule has 0 amide bonds. The van der Waals surface area contributed by atoms with Gasteiger partial charge in [0.15, 0.2) is 0 Å². The van der Waals surface area contributed by atoms with Crippen LogP contribution < -0.4 is 10.1 Å². The highest BCUT2D eigenvalue weighted by Gasteiger charge is 2.03. The van der Waals surface area contributed by atoms with Gasteiger partial charge in [0.05, 0.1) is 12.9 Å². The van der Waals surface area contributed by atoms with E-state index < -0.39 is 9.84 Å². The monoisotopic (exact) mass is 307 g/mol. The Balaban J connectivity index is 2.63. The van der Waals surface area contributed by atoms with Crippen molar-refractivity contribution in [2.45, 2.75) is 0 Å². The lowest BCUT2D eigenvalue weighted by atomic mass is 10.3. The van der Waals surface area contributed by atoms with Crippen LogP contribution in [0.4, 0.5) is 5.69 Å². The van der Waals surface area contributed by atoms with Gasteiger partial charge in [-0.1, -0.05) is 15.9 Å². The van der Waals surface area contributed by atoms with E-state index in [-0.39, 0.29) is 5.75 Å². The lowest BCUT2D eigenvalue weighted by Crippen LogP contribution is -2.14. The first-order valence-electron chi connectivity index (χ1n) is 4.67. The zero-order valence-corrected chi connectivity index (χ0v) is 11.6. The molecule has 0 fully saturated rings. The number of ether oxygens (including phenoxy) is 1. The molecule has 0 aromatic heterocycles. The Morgan fingerprint density at radius 2 is 2.06 bits per heavy atom. The number of benzene rings is 1. The number of nitrogens with one attached hydrogen (secondary N) is 1. The van der Waals surface area contributed by atoms with Crippen molar-refractivity contribution >= 4 is 31.5 Å². The number of halogens is 1. The van der Waals surface area contributed by atoms with Crippen LogP contribution in [0.15, 0.2) is 22.7 Å². The standard InChI is InChI=1S/C10H14BrNO3S/c1-15-10-6-8(11)5-9(7-10)12-3-4-16(2,13)14/h5-7,12H,3-4H2,1-2H3. The molecule has 0 aliphatic rings. The molecule has 4 nitrogen and oxygen atoms in total. The maximum Gasteiger partial charge on any atom is 0.149 e. The highest BCUT2D eigenvalue weighted by atomic mass is 79.9. The van der Waals surface area contributed by atoms with Gasteiger partial charge >= 0.3 is 0 Å². The van der Waals surface area contributed by atoms with Gasteiger partial charge in [0, 0.05) is 29.0 Å². The molecule has 16 heavy (non-hydrogen) atoms. The summed E-state index contributed by atoms with van der Waals surface area (Å²) in [5.41, 5.74) is 0.829. The molecule has 90 valence electrons. The van der Waals surface area contributed by atoms with E-state index in [1.165, 1.54) is 6.26 Å². The lowest BCUT2D eigenvalue weighted by molar-refractivity contribution is 0.414. The minimum atomic E-state index is -2.93. The van der Waals surface area contributed by atoms with Gasteiger partial charge in [0.25, 0.3) is 0 Å². The molecule has 0 unspecified atom stereocenters. The first-order valence-corrected chi connectivity index (χ1v) is 7.52. The summed E-state index contributed by atoms with van der Waals surface area (Å²) in [6.45, 7) is 0.387. The zero-order valence-electron chi connectivity index (χ0n) is 9.16. The van der Waals surface area contributed by atoms with E-state index in [2.05, 4.69) is 21.2 Å². The van der Waals surface area contributed by atoms with Crippen LogP contribution in [0.3, 0.4) is 0 Å². The van der Waals surface area contributed by atoms with E-state index in [0.29, 0.717) is 6.54 Å². The van der Waals surface area contributed by atoms with Crippen molar-refractivity contribution in [2.75, 3.05) is 31.0 Å². The maximum atomic E-state index is 10.9. The second-order valence-electron chi connectivity index (χ2n) is 3.44. The predicted molar refractivity (Wildman–Crippen MR) is 68.9 cm³/mol. The minimum Gasteiger partial charge on any atom is -0.497 e. The van der Waals surface area contributed by atoms with Crippen molar-refractivity contribution in [3.05, 3.63) is 22.7 Å². The quantitative estimate of drug-likeness (QED) is 0.903. The predicted octanol–water partition coefficient (Wildman–Crippen LogP) is 1.91. The summed E-state index contributed by atoms with van der Waals surface area (Å²) in [4.78, 5) is 0. The summed E-state index contributed by atoms with van der Waals surface area (Å²) in [5, 5.41) is 3.03. The Bertz CT molecular complexity index is 459. The molecule has 0 radical (unpaired) electrons. The summed E-state index contributed by atoms with van der Waals surface area (Å²) in [6.07, 6.45) is 1.22. The Labute approximate surface area is 104 Å². The maximum absolute atomic E-state index is 10.9. The van der Waals surface area contributed by atoms with Gasteiger partial charge in [-0.05, 0) is 12.1 Å². The smallest absolute Gasteiger partial charge is 0.149 e. The average Bonchev–Trinajstić information content (AvgIpc) is 2.14. The molecule has 0 bridgehead atoms. The molecular formula is C10H14BrNO3S. The molecule has 0 saturated heterocycles. The number of anilines is 1. The van der Waals surface area contributed by atoms with Crippen molar-refractivity contribution in [3.63, 3.8) is 0 Å². The highest BCUT2D eigenvalue weighted by Crippen LogP contribution is 2.24. The van der Waals surface area contributed by atoms with Gasteiger partial charge in [-0.15, -0.1) is 0 Å². The van der Waals surface area contributed by atoms with Gasteiger partial charge in [-0.2, -0.15) is 0 Å². The molecule has 0 spiro atoms. The van der Waals surface area contributed by atoms with Crippen molar-refractivity contribution in [2.24, 2.45) is 0 Å². The van der Waals surface area contributed by atoms with Crippen LogP contribution in [0.5, 0.6) is 5.75 Å². The SMILES string of the molecule is COc1cc(Br)cc(NCCS(C)(=O)=O)c1. The van der Waals surface area contributed by atoms with Crippen LogP contribution in [0, 0.1) is 0 Å². The van der Waals surface area contributed by atoms with E-state index in [9.17, 15) is 8.42 Å². The van der Waals surface area contributed by atoms with E-state index in [0.717, 1.165) is 15.9 Å². The molecule has 1 aromatic carbocycles. The first-order chi connectivity index (χ1) is 7.40. The van der Waals surface area contributed by atoms with Crippen LogP contribution in [0.25, 0.3) is 0 Å². The third kappa shape index (κ3) is 4.85. The summed E-state index contributed by atoms with van der Waals surface area (Å²) in [6, 6.07) is 5.51. The van der Waals surface area contributed by atoms with Gasteiger partial charge in [-0.3, -0.25) is 0 Å². The molecular weight excluding hydrogens is 294 g/mol. The Hall–Kier alpha value is -0.750. The zero-order chi connectivity index (χ0) is 12.2. The van der Waals surface area contributed by atoms with Crippen molar-refractivity contribution < 1.29 is 13.2 Å². The fourth-order valence-electron chi connectivity index (χ4n) is 1.16. The molecule has 1 aromatic rings.